The van der Waals surface area contributed by atoms with E-state index in [1.54, 1.807) is 12.1 Å². The highest BCUT2D eigenvalue weighted by atomic mass is 32.2. The monoisotopic (exact) mass is 488 g/mol. The van der Waals surface area contributed by atoms with E-state index >= 15 is 0 Å². The number of nitrogens with zero attached hydrogens (tertiary/aromatic N) is 1. The van der Waals surface area contributed by atoms with Crippen molar-refractivity contribution in [2.45, 2.75) is 62.7 Å². The van der Waals surface area contributed by atoms with E-state index in [-0.39, 0.29) is 23.1 Å². The second kappa shape index (κ2) is 10.9. The molecular formula is C23H28F4N2O3S. The van der Waals surface area contributed by atoms with Gasteiger partial charge in [0.1, 0.15) is 5.82 Å². The van der Waals surface area contributed by atoms with Crippen LogP contribution in [-0.4, -0.2) is 31.9 Å². The van der Waals surface area contributed by atoms with Gasteiger partial charge in [0, 0.05) is 19.1 Å². The summed E-state index contributed by atoms with van der Waals surface area (Å²) in [5.74, 6) is -1.33. The van der Waals surface area contributed by atoms with Gasteiger partial charge in [-0.05, 0) is 61.1 Å². The number of halogens is 4. The summed E-state index contributed by atoms with van der Waals surface area (Å²) in [5.41, 5.74) is 2.74. The molecule has 1 saturated heterocycles. The molecule has 0 unspecified atom stereocenters. The predicted octanol–water partition coefficient (Wildman–Crippen LogP) is 5.06. The molecule has 3 rings (SSSR count). The predicted molar refractivity (Wildman–Crippen MR) is 116 cm³/mol. The van der Waals surface area contributed by atoms with Crippen LogP contribution in [0.3, 0.4) is 0 Å². The van der Waals surface area contributed by atoms with Crippen LogP contribution in [0.4, 0.5) is 17.6 Å². The van der Waals surface area contributed by atoms with Crippen LogP contribution in [0.15, 0.2) is 47.4 Å². The highest BCUT2D eigenvalue weighted by Crippen LogP contribution is 2.32. The first-order chi connectivity index (χ1) is 15.6. The van der Waals surface area contributed by atoms with Gasteiger partial charge in [-0.25, -0.2) is 12.8 Å². The normalized spacial score (nSPS) is 16.3. The quantitative estimate of drug-likeness (QED) is 0.396. The lowest BCUT2D eigenvalue weighted by Crippen LogP contribution is -2.44. The molecule has 0 atom stereocenters. The Hall–Kier alpha value is -2.01. The first kappa shape index (κ1) is 25.6. The van der Waals surface area contributed by atoms with Crippen molar-refractivity contribution in [3.63, 3.8) is 0 Å². The maximum atomic E-state index is 13.4. The Balaban J connectivity index is 1.49. The van der Waals surface area contributed by atoms with Gasteiger partial charge in [0.15, 0.2) is 0 Å². The lowest BCUT2D eigenvalue weighted by atomic mass is 10.1. The minimum Gasteiger partial charge on any atom is -0.297 e. The fourth-order valence-corrected chi connectivity index (χ4v) is 5.16. The van der Waals surface area contributed by atoms with E-state index in [2.05, 4.69) is 12.4 Å². The van der Waals surface area contributed by atoms with Crippen LogP contribution in [0.2, 0.25) is 0 Å². The van der Waals surface area contributed by atoms with Crippen LogP contribution in [0.5, 0.6) is 0 Å². The minimum absolute atomic E-state index is 0.143. The van der Waals surface area contributed by atoms with Gasteiger partial charge in [0.2, 0.25) is 10.0 Å². The second-order valence-corrected chi connectivity index (χ2v) is 10.1. The number of nitrogens with one attached hydrogen (secondary N) is 1. The van der Waals surface area contributed by atoms with Crippen LogP contribution < -0.4 is 5.48 Å². The van der Waals surface area contributed by atoms with Gasteiger partial charge in [-0.2, -0.15) is 23.0 Å². The average Bonchev–Trinajstić information content (AvgIpc) is 2.78. The lowest BCUT2D eigenvalue weighted by molar-refractivity contribution is -0.140. The van der Waals surface area contributed by atoms with Crippen molar-refractivity contribution in [2.24, 2.45) is 0 Å². The summed E-state index contributed by atoms with van der Waals surface area (Å²) in [6.45, 7) is 2.53. The molecule has 182 valence electrons. The van der Waals surface area contributed by atoms with Crippen molar-refractivity contribution < 1.29 is 30.8 Å². The van der Waals surface area contributed by atoms with Crippen molar-refractivity contribution in [1.82, 2.24) is 9.79 Å². The summed E-state index contributed by atoms with van der Waals surface area (Å²) >= 11 is 0. The molecule has 0 bridgehead atoms. The molecule has 2 aromatic rings. The summed E-state index contributed by atoms with van der Waals surface area (Å²) in [5, 5.41) is 0. The molecule has 5 nitrogen and oxygen atoms in total. The van der Waals surface area contributed by atoms with E-state index < -0.39 is 27.6 Å². The van der Waals surface area contributed by atoms with Crippen LogP contribution in [0.25, 0.3) is 0 Å². The molecule has 0 saturated carbocycles. The number of aryl methyl sites for hydroxylation is 1. The lowest BCUT2D eigenvalue weighted by Gasteiger charge is -2.31. The van der Waals surface area contributed by atoms with E-state index in [1.165, 1.54) is 10.4 Å². The summed E-state index contributed by atoms with van der Waals surface area (Å²) in [6.07, 6.45) is -0.744. The molecule has 2 aromatic carbocycles. The zero-order chi connectivity index (χ0) is 24.1. The topological polar surface area (TPSA) is 58.6 Å². The zero-order valence-corrected chi connectivity index (χ0v) is 19.2. The number of hydrogen-bond acceptors (Lipinski definition) is 4. The highest BCUT2D eigenvalue weighted by Gasteiger charge is 2.34. The van der Waals surface area contributed by atoms with Crippen LogP contribution in [-0.2, 0) is 34.1 Å². The number of alkyl halides is 3. The SMILES string of the molecule is CCCCc1ccc(S(=O)(=O)N2CCC(NOCc3ccc(F)c(C(F)(F)F)c3)CC2)cc1. The van der Waals surface area contributed by atoms with Crippen LogP contribution >= 0.6 is 0 Å². The molecule has 0 amide bonds. The standard InChI is InChI=1S/C23H28F4N2O3S/c1-2-3-4-17-5-8-20(9-6-17)33(30,31)29-13-11-19(12-14-29)28-32-16-18-7-10-22(24)21(15-18)23(25,26)27/h5-10,15,19,28H,2-4,11-14,16H2,1H3. The average molecular weight is 489 g/mol. The molecule has 1 fully saturated rings. The number of hydroxylamine groups is 1. The highest BCUT2D eigenvalue weighted by molar-refractivity contribution is 7.89. The molecule has 1 heterocycles. The molecule has 0 spiro atoms. The van der Waals surface area contributed by atoms with E-state index in [0.717, 1.165) is 37.0 Å². The zero-order valence-electron chi connectivity index (χ0n) is 18.4. The molecule has 1 N–H and O–H groups in total. The van der Waals surface area contributed by atoms with Gasteiger partial charge >= 0.3 is 6.18 Å². The van der Waals surface area contributed by atoms with E-state index in [4.69, 9.17) is 4.84 Å². The molecule has 0 radical (unpaired) electrons. The van der Waals surface area contributed by atoms with E-state index in [9.17, 15) is 26.0 Å². The van der Waals surface area contributed by atoms with Gasteiger partial charge in [-0.3, -0.25) is 4.84 Å². The number of piperidine rings is 1. The molecule has 33 heavy (non-hydrogen) atoms. The minimum atomic E-state index is -4.78. The molecule has 0 aromatic heterocycles. The Morgan fingerprint density at radius 2 is 1.70 bits per heavy atom. The molecule has 0 aliphatic carbocycles. The van der Waals surface area contributed by atoms with E-state index in [0.29, 0.717) is 25.9 Å². The Kier molecular flexibility index (Phi) is 8.49. The number of unbranched alkanes of at least 4 members (excludes halogenated alkanes) is 1. The van der Waals surface area contributed by atoms with E-state index in [1.807, 2.05) is 12.1 Å². The molecule has 10 heteroatoms. The summed E-state index contributed by atoms with van der Waals surface area (Å²) < 4.78 is 79.1. The van der Waals surface area contributed by atoms with Crippen molar-refractivity contribution in [1.29, 1.82) is 0 Å². The van der Waals surface area contributed by atoms with Crippen molar-refractivity contribution >= 4 is 10.0 Å². The smallest absolute Gasteiger partial charge is 0.297 e. The second-order valence-electron chi connectivity index (χ2n) is 8.14. The number of benzene rings is 2. The largest absolute Gasteiger partial charge is 0.419 e. The fourth-order valence-electron chi connectivity index (χ4n) is 3.69. The van der Waals surface area contributed by atoms with Crippen LogP contribution in [0, 0.1) is 5.82 Å². The summed E-state index contributed by atoms with van der Waals surface area (Å²) in [4.78, 5) is 5.58. The van der Waals surface area contributed by atoms with Gasteiger partial charge in [0.25, 0.3) is 0 Å². The van der Waals surface area contributed by atoms with Gasteiger partial charge in [-0.1, -0.05) is 31.5 Å². The summed E-state index contributed by atoms with van der Waals surface area (Å²) in [7, 11) is -3.59. The van der Waals surface area contributed by atoms with Gasteiger partial charge < -0.3 is 0 Å². The Morgan fingerprint density at radius 3 is 2.30 bits per heavy atom. The maximum absolute atomic E-state index is 13.4. The Morgan fingerprint density at radius 1 is 1.06 bits per heavy atom. The molecular weight excluding hydrogens is 460 g/mol. The number of rotatable bonds is 9. The van der Waals surface area contributed by atoms with Crippen molar-refractivity contribution in [3.05, 3.63) is 65.0 Å². The molecule has 1 aliphatic heterocycles. The van der Waals surface area contributed by atoms with Crippen LogP contribution in [0.1, 0.15) is 49.3 Å². The summed E-state index contributed by atoms with van der Waals surface area (Å²) in [6, 6.07) is 9.57. The third-order valence-electron chi connectivity index (χ3n) is 5.66. The fraction of sp³-hybridized carbons (Fsp3) is 0.478. The third kappa shape index (κ3) is 6.75. The van der Waals surface area contributed by atoms with Gasteiger partial charge in [0.05, 0.1) is 17.1 Å². The Bertz CT molecular complexity index is 1020. The third-order valence-corrected chi connectivity index (χ3v) is 7.57. The maximum Gasteiger partial charge on any atom is 0.419 e. The molecule has 1 aliphatic rings. The van der Waals surface area contributed by atoms with Gasteiger partial charge in [-0.15, -0.1) is 0 Å². The Labute approximate surface area is 191 Å². The van der Waals surface area contributed by atoms with Crippen molar-refractivity contribution in [2.75, 3.05) is 13.1 Å². The first-order valence-electron chi connectivity index (χ1n) is 10.9. The first-order valence-corrected chi connectivity index (χ1v) is 12.4. The number of sulfonamides is 1. The number of hydrogen-bond donors (Lipinski definition) is 1. The van der Waals surface area contributed by atoms with Crippen molar-refractivity contribution in [3.8, 4) is 0 Å².